The Morgan fingerprint density at radius 3 is 0.637 bits per heavy atom. The molecule has 0 bridgehead atoms. The summed E-state index contributed by atoms with van der Waals surface area (Å²) in [7, 11) is 0. The van der Waals surface area contributed by atoms with Gasteiger partial charge in [0, 0.05) is 21.5 Å². The van der Waals surface area contributed by atoms with Gasteiger partial charge < -0.3 is 37.9 Å². The summed E-state index contributed by atoms with van der Waals surface area (Å²) in [5.41, 5.74) is 6.71. The number of rotatable bonds is 38. The molecule has 0 aliphatic rings. The summed E-state index contributed by atoms with van der Waals surface area (Å²) in [4.78, 5) is 42.6. The van der Waals surface area contributed by atoms with Gasteiger partial charge in [0.1, 0.15) is 0 Å². The minimum absolute atomic E-state index is 0.334. The summed E-state index contributed by atoms with van der Waals surface area (Å²) in [6.45, 7) is 36.4. The number of thiazole rings is 8. The first kappa shape index (κ1) is 62.2. The van der Waals surface area contributed by atoms with E-state index < -0.39 is 0 Å². The quantitative estimate of drug-likeness (QED) is 0.0263. The SMILES string of the molecule is C=CCOCc1csc(-c2nc(COCC=C)c(-c3sc(-c4nc(COCC=C)cs4)nc3COCC=C)s2)n1.C=CCOCc1csc(-c2nc(COCC=C)c(-c3sc(-c4nc(COCC=C)cs4)nc3COCC=C)s2)n1. The molecule has 8 heterocycles. The molecule has 0 N–H and O–H groups in total. The van der Waals surface area contributed by atoms with Gasteiger partial charge in [-0.1, -0.05) is 48.6 Å². The standard InChI is InChI=1S/2C28H30N4O4S4/c2*1-5-9-33-13-19-17-37-25(29-19)27-31-21(15-35-11-7-3)23(39-27)24-22(16-36-12-8-4)32-28(40-24)26-30-20(18-38-26)14-34-10-6-2/h2*5-8,17-18H,1-4,9-16H2. The monoisotopic (exact) mass is 1230 g/mol. The van der Waals surface area contributed by atoms with Crippen LogP contribution in [0.4, 0.5) is 0 Å². The highest BCUT2D eigenvalue weighted by Crippen LogP contribution is 2.46. The lowest BCUT2D eigenvalue weighted by Gasteiger charge is -2.04. The van der Waals surface area contributed by atoms with Crippen LogP contribution in [0, 0.1) is 0 Å². The Morgan fingerprint density at radius 2 is 0.450 bits per heavy atom. The first-order valence-electron chi connectivity index (χ1n) is 24.6. The maximum absolute atomic E-state index is 5.82. The molecule has 0 radical (unpaired) electrons. The van der Waals surface area contributed by atoms with Gasteiger partial charge in [-0.25, -0.2) is 39.9 Å². The largest absolute Gasteiger partial charge is 0.371 e. The fourth-order valence-corrected chi connectivity index (χ4v) is 14.7. The lowest BCUT2D eigenvalue weighted by Crippen LogP contribution is -1.97. The molecule has 0 saturated heterocycles. The van der Waals surface area contributed by atoms with Crippen molar-refractivity contribution in [3.05, 3.63) is 168 Å². The van der Waals surface area contributed by atoms with E-state index in [4.69, 9.17) is 77.8 Å². The van der Waals surface area contributed by atoms with E-state index in [0.717, 1.165) is 105 Å². The molecule has 24 heteroatoms. The van der Waals surface area contributed by atoms with E-state index in [2.05, 4.69) is 52.6 Å². The smallest absolute Gasteiger partial charge is 0.153 e. The van der Waals surface area contributed by atoms with Gasteiger partial charge in [0.15, 0.2) is 40.1 Å². The van der Waals surface area contributed by atoms with Crippen LogP contribution in [0.5, 0.6) is 0 Å². The first-order chi connectivity index (χ1) is 39.3. The van der Waals surface area contributed by atoms with Gasteiger partial charge in [-0.05, 0) is 0 Å². The Kier molecular flexibility index (Phi) is 26.6. The molecule has 8 aromatic rings. The molecule has 0 aromatic carbocycles. The third-order valence-electron chi connectivity index (χ3n) is 9.98. The third-order valence-corrected chi connectivity index (χ3v) is 18.8. The summed E-state index contributed by atoms with van der Waals surface area (Å²) in [6, 6.07) is 0. The molecule has 80 heavy (non-hydrogen) atoms. The molecular formula is C56H60N8O8S8. The molecule has 0 atom stereocenters. The highest BCUT2D eigenvalue weighted by molar-refractivity contribution is 7.28. The van der Waals surface area contributed by atoms with Crippen LogP contribution in [-0.4, -0.2) is 92.7 Å². The second-order valence-electron chi connectivity index (χ2n) is 16.2. The molecule has 8 aromatic heterocycles. The van der Waals surface area contributed by atoms with Gasteiger partial charge in [0.25, 0.3) is 0 Å². The van der Waals surface area contributed by atoms with Crippen LogP contribution in [0.1, 0.15) is 45.6 Å². The maximum Gasteiger partial charge on any atom is 0.153 e. The van der Waals surface area contributed by atoms with E-state index in [9.17, 15) is 0 Å². The minimum atomic E-state index is 0.334. The topological polar surface area (TPSA) is 177 Å². The van der Waals surface area contributed by atoms with Crippen molar-refractivity contribution in [2.45, 2.75) is 52.9 Å². The van der Waals surface area contributed by atoms with Crippen molar-refractivity contribution < 1.29 is 37.9 Å². The highest BCUT2D eigenvalue weighted by Gasteiger charge is 2.26. The molecule has 0 aliphatic carbocycles. The molecule has 16 nitrogen and oxygen atoms in total. The van der Waals surface area contributed by atoms with E-state index in [1.807, 2.05) is 21.5 Å². The number of ether oxygens (including phenoxy) is 8. The van der Waals surface area contributed by atoms with Crippen LogP contribution in [0.2, 0.25) is 0 Å². The second-order valence-corrected chi connectivity index (χ2v) is 23.6. The zero-order chi connectivity index (χ0) is 56.3. The van der Waals surface area contributed by atoms with Crippen LogP contribution in [0.3, 0.4) is 0 Å². The van der Waals surface area contributed by atoms with Crippen molar-refractivity contribution in [2.75, 3.05) is 52.9 Å². The molecule has 0 aliphatic heterocycles. The zero-order valence-electron chi connectivity index (χ0n) is 44.0. The Balaban J connectivity index is 0.000000231. The summed E-state index contributed by atoms with van der Waals surface area (Å²) >= 11 is 12.4. The third kappa shape index (κ3) is 18.3. The summed E-state index contributed by atoms with van der Waals surface area (Å²) in [6.07, 6.45) is 13.8. The van der Waals surface area contributed by atoms with Gasteiger partial charge in [0.2, 0.25) is 0 Å². The van der Waals surface area contributed by atoms with E-state index in [0.29, 0.717) is 106 Å². The molecular weight excluding hydrogens is 1170 g/mol. The summed E-state index contributed by atoms with van der Waals surface area (Å²) < 4.78 is 45.5. The average Bonchev–Trinajstić information content (AvgIpc) is 4.36. The van der Waals surface area contributed by atoms with E-state index >= 15 is 0 Å². The Bertz CT molecular complexity index is 2840. The number of nitrogens with zero attached hydrogens (tertiary/aromatic N) is 8. The zero-order valence-corrected chi connectivity index (χ0v) is 50.5. The fourth-order valence-electron chi connectivity index (χ4n) is 6.70. The van der Waals surface area contributed by atoms with Crippen molar-refractivity contribution in [1.82, 2.24) is 39.9 Å². The predicted molar refractivity (Wildman–Crippen MR) is 330 cm³/mol. The Hall–Kier alpha value is -5.36. The molecule has 0 amide bonds. The molecule has 420 valence electrons. The lowest BCUT2D eigenvalue weighted by atomic mass is 10.3. The van der Waals surface area contributed by atoms with Crippen LogP contribution in [0.25, 0.3) is 59.6 Å². The molecule has 0 saturated carbocycles. The van der Waals surface area contributed by atoms with Crippen LogP contribution in [-0.2, 0) is 90.7 Å². The number of aromatic nitrogens is 8. The number of hydrogen-bond acceptors (Lipinski definition) is 24. The Labute approximate surface area is 498 Å². The second kappa shape index (κ2) is 34.2. The minimum Gasteiger partial charge on any atom is -0.371 e. The Morgan fingerprint density at radius 1 is 0.263 bits per heavy atom. The molecule has 8 rings (SSSR count). The van der Waals surface area contributed by atoms with Gasteiger partial charge in [-0.15, -0.1) is 143 Å². The maximum atomic E-state index is 5.82. The van der Waals surface area contributed by atoms with Crippen molar-refractivity contribution in [2.24, 2.45) is 0 Å². The molecule has 0 spiro atoms. The predicted octanol–water partition coefficient (Wildman–Crippen LogP) is 14.6. The summed E-state index contributed by atoms with van der Waals surface area (Å²) in [5.74, 6) is 0. The van der Waals surface area contributed by atoms with Crippen molar-refractivity contribution in [3.63, 3.8) is 0 Å². The normalized spacial score (nSPS) is 11.1. The number of hydrogen-bond donors (Lipinski definition) is 0. The average molecular weight is 1230 g/mol. The van der Waals surface area contributed by atoms with E-state index in [-0.39, 0.29) is 0 Å². The van der Waals surface area contributed by atoms with Crippen molar-refractivity contribution in [1.29, 1.82) is 0 Å². The molecule has 0 fully saturated rings. The fraction of sp³-hybridized carbons (Fsp3) is 0.286. The van der Waals surface area contributed by atoms with Crippen molar-refractivity contribution >= 4 is 90.7 Å². The van der Waals surface area contributed by atoms with E-state index in [1.54, 1.807) is 94.0 Å². The van der Waals surface area contributed by atoms with Crippen LogP contribution in [0.15, 0.2) is 123 Å². The van der Waals surface area contributed by atoms with Crippen LogP contribution >= 0.6 is 90.7 Å². The summed E-state index contributed by atoms with van der Waals surface area (Å²) in [5, 5.41) is 14.6. The van der Waals surface area contributed by atoms with Gasteiger partial charge in [-0.3, -0.25) is 0 Å². The first-order valence-corrected chi connectivity index (χ1v) is 31.4. The molecule has 0 unspecified atom stereocenters. The van der Waals surface area contributed by atoms with Crippen molar-refractivity contribution in [3.8, 4) is 59.6 Å². The van der Waals surface area contributed by atoms with Crippen LogP contribution < -0.4 is 0 Å². The van der Waals surface area contributed by atoms with E-state index in [1.165, 1.54) is 45.3 Å². The van der Waals surface area contributed by atoms with Gasteiger partial charge >= 0.3 is 0 Å². The van der Waals surface area contributed by atoms with Gasteiger partial charge in [0.05, 0.1) is 171 Å². The van der Waals surface area contributed by atoms with Gasteiger partial charge in [-0.2, -0.15) is 0 Å². The lowest BCUT2D eigenvalue weighted by molar-refractivity contribution is 0.145. The highest BCUT2D eigenvalue weighted by atomic mass is 32.1.